The van der Waals surface area contributed by atoms with E-state index >= 15 is 0 Å². The molecule has 0 bridgehead atoms. The van der Waals surface area contributed by atoms with Crippen molar-refractivity contribution < 1.29 is 19.4 Å². The Hall–Kier alpha value is -3.05. The number of carboxylic acid groups (broad SMARTS) is 1. The third kappa shape index (κ3) is 5.02. The lowest BCUT2D eigenvalue weighted by Gasteiger charge is -2.12. The fourth-order valence-electron chi connectivity index (χ4n) is 2.83. The van der Waals surface area contributed by atoms with Gasteiger partial charge in [0, 0.05) is 4.88 Å². The van der Waals surface area contributed by atoms with Crippen molar-refractivity contribution in [3.05, 3.63) is 81.5 Å². The van der Waals surface area contributed by atoms with Crippen LogP contribution in [0, 0.1) is 13.8 Å². The molecule has 0 saturated heterocycles. The minimum Gasteiger partial charge on any atom is -0.490 e. The van der Waals surface area contributed by atoms with Crippen molar-refractivity contribution in [3.63, 3.8) is 0 Å². The van der Waals surface area contributed by atoms with Gasteiger partial charge in [0.15, 0.2) is 0 Å². The van der Waals surface area contributed by atoms with Crippen LogP contribution in [0.15, 0.2) is 60.0 Å². The van der Waals surface area contributed by atoms with Crippen molar-refractivity contribution in [2.45, 2.75) is 13.8 Å². The van der Waals surface area contributed by atoms with Gasteiger partial charge in [-0.15, -0.1) is 11.3 Å². The normalized spacial score (nSPS) is 11.3. The maximum atomic E-state index is 11.5. The molecule has 0 fully saturated rings. The molecule has 0 radical (unpaired) electrons. The van der Waals surface area contributed by atoms with Gasteiger partial charge in [0.2, 0.25) is 0 Å². The van der Waals surface area contributed by atoms with Crippen LogP contribution in [0.2, 0.25) is 0 Å². The van der Waals surface area contributed by atoms with Crippen LogP contribution in [-0.2, 0) is 4.79 Å². The number of thiophene rings is 1. The maximum Gasteiger partial charge on any atom is 0.337 e. The van der Waals surface area contributed by atoms with Crippen LogP contribution in [-0.4, -0.2) is 24.3 Å². The number of aliphatic carboxylic acids is 1. The minimum absolute atomic E-state index is 0.283. The van der Waals surface area contributed by atoms with Crippen LogP contribution in [0.25, 0.3) is 11.6 Å². The highest BCUT2D eigenvalue weighted by Crippen LogP contribution is 2.24. The van der Waals surface area contributed by atoms with Gasteiger partial charge in [-0.3, -0.25) is 0 Å². The number of hydrogen-bond acceptors (Lipinski definition) is 4. The van der Waals surface area contributed by atoms with Crippen molar-refractivity contribution in [1.29, 1.82) is 0 Å². The van der Waals surface area contributed by atoms with Gasteiger partial charge in [-0.2, -0.15) is 0 Å². The molecule has 1 heterocycles. The fourth-order valence-corrected chi connectivity index (χ4v) is 3.56. The number of benzene rings is 2. The molecular weight excluding hydrogens is 372 g/mol. The largest absolute Gasteiger partial charge is 0.490 e. The van der Waals surface area contributed by atoms with Crippen molar-refractivity contribution in [3.8, 4) is 11.5 Å². The van der Waals surface area contributed by atoms with Gasteiger partial charge in [0.05, 0.1) is 5.57 Å². The molecule has 3 aromatic rings. The first-order valence-electron chi connectivity index (χ1n) is 8.95. The van der Waals surface area contributed by atoms with Gasteiger partial charge in [-0.1, -0.05) is 36.4 Å². The van der Waals surface area contributed by atoms with E-state index in [4.69, 9.17) is 9.47 Å². The van der Waals surface area contributed by atoms with E-state index in [1.165, 1.54) is 11.3 Å². The SMILES string of the molecule is Cc1cccc(C)c1OCCOc1ccc(/C=C(/C(=O)O)c2cccs2)cc1. The molecule has 2 aromatic carbocycles. The number of ether oxygens (including phenoxy) is 2. The van der Waals surface area contributed by atoms with Gasteiger partial charge in [0.1, 0.15) is 24.7 Å². The Morgan fingerprint density at radius 2 is 1.64 bits per heavy atom. The van der Waals surface area contributed by atoms with Gasteiger partial charge in [-0.05, 0) is 60.2 Å². The van der Waals surface area contributed by atoms with Crippen LogP contribution in [0.1, 0.15) is 21.6 Å². The van der Waals surface area contributed by atoms with Crippen LogP contribution < -0.4 is 9.47 Å². The topological polar surface area (TPSA) is 55.8 Å². The monoisotopic (exact) mass is 394 g/mol. The number of hydrogen-bond donors (Lipinski definition) is 1. The summed E-state index contributed by atoms with van der Waals surface area (Å²) >= 11 is 1.41. The summed E-state index contributed by atoms with van der Waals surface area (Å²) in [6, 6.07) is 17.1. The number of aryl methyl sites for hydroxylation is 2. The molecule has 0 atom stereocenters. The second-order valence-corrected chi connectivity index (χ2v) is 7.28. The van der Waals surface area contributed by atoms with Gasteiger partial charge in [-0.25, -0.2) is 4.79 Å². The molecule has 0 unspecified atom stereocenters. The zero-order valence-electron chi connectivity index (χ0n) is 15.8. The van der Waals surface area contributed by atoms with Crippen LogP contribution in [0.5, 0.6) is 11.5 Å². The van der Waals surface area contributed by atoms with E-state index in [9.17, 15) is 9.90 Å². The summed E-state index contributed by atoms with van der Waals surface area (Å²) in [5, 5.41) is 11.3. The first-order chi connectivity index (χ1) is 13.5. The van der Waals surface area contributed by atoms with E-state index in [0.717, 1.165) is 33.1 Å². The van der Waals surface area contributed by atoms with Crippen LogP contribution in [0.4, 0.5) is 0 Å². The molecule has 0 saturated carbocycles. The second-order valence-electron chi connectivity index (χ2n) is 6.33. The molecule has 1 N–H and O–H groups in total. The summed E-state index contributed by atoms with van der Waals surface area (Å²) in [6.07, 6.45) is 1.67. The first-order valence-corrected chi connectivity index (χ1v) is 9.83. The molecule has 28 heavy (non-hydrogen) atoms. The Morgan fingerprint density at radius 3 is 2.25 bits per heavy atom. The van der Waals surface area contributed by atoms with Crippen LogP contribution in [0.3, 0.4) is 0 Å². The molecule has 0 aliphatic carbocycles. The Bertz CT molecular complexity index is 937. The Kier molecular flexibility index (Phi) is 6.50. The number of carboxylic acids is 1. The molecular formula is C23H22O4S. The van der Waals surface area contributed by atoms with Gasteiger partial charge >= 0.3 is 5.97 Å². The van der Waals surface area contributed by atoms with Crippen LogP contribution >= 0.6 is 11.3 Å². The lowest BCUT2D eigenvalue weighted by atomic mass is 10.1. The van der Waals surface area contributed by atoms with Crippen molar-refractivity contribution in [2.24, 2.45) is 0 Å². The highest BCUT2D eigenvalue weighted by atomic mass is 32.1. The van der Waals surface area contributed by atoms with Gasteiger partial charge in [0.25, 0.3) is 0 Å². The number of rotatable bonds is 8. The zero-order chi connectivity index (χ0) is 19.9. The smallest absolute Gasteiger partial charge is 0.337 e. The Labute approximate surface area is 168 Å². The molecule has 3 rings (SSSR count). The fraction of sp³-hybridized carbons (Fsp3) is 0.174. The number of carbonyl (C=O) groups is 1. The molecule has 4 nitrogen and oxygen atoms in total. The van der Waals surface area contributed by atoms with Crippen molar-refractivity contribution in [2.75, 3.05) is 13.2 Å². The average molecular weight is 394 g/mol. The number of para-hydroxylation sites is 1. The van der Waals surface area contributed by atoms with E-state index in [-0.39, 0.29) is 5.57 Å². The molecule has 0 spiro atoms. The Balaban J connectivity index is 1.57. The third-order valence-electron chi connectivity index (χ3n) is 4.22. The highest BCUT2D eigenvalue weighted by molar-refractivity contribution is 7.11. The summed E-state index contributed by atoms with van der Waals surface area (Å²) in [5.41, 5.74) is 3.31. The standard InChI is InChI=1S/C23H22O4S/c1-16-5-3-6-17(2)22(16)27-13-12-26-19-10-8-18(9-11-19)15-20(23(24)25)21-7-4-14-28-21/h3-11,14-15H,12-13H2,1-2H3,(H,24,25)/b20-15+. The summed E-state index contributed by atoms with van der Waals surface area (Å²) in [7, 11) is 0. The van der Waals surface area contributed by atoms with E-state index in [1.54, 1.807) is 12.1 Å². The molecule has 1 aromatic heterocycles. The van der Waals surface area contributed by atoms with Crippen molar-refractivity contribution >= 4 is 29.0 Å². The van der Waals surface area contributed by atoms with Gasteiger partial charge < -0.3 is 14.6 Å². The van der Waals surface area contributed by atoms with E-state index < -0.39 is 5.97 Å². The summed E-state index contributed by atoms with van der Waals surface area (Å²) < 4.78 is 11.6. The Morgan fingerprint density at radius 1 is 0.964 bits per heavy atom. The van der Waals surface area contributed by atoms with E-state index in [1.807, 2.05) is 67.8 Å². The third-order valence-corrected chi connectivity index (χ3v) is 5.12. The molecule has 144 valence electrons. The molecule has 5 heteroatoms. The molecule has 0 amide bonds. The second kappa shape index (κ2) is 9.24. The molecule has 0 aliphatic heterocycles. The summed E-state index contributed by atoms with van der Waals surface area (Å²) in [5.74, 6) is 0.683. The minimum atomic E-state index is -0.938. The molecule has 0 aliphatic rings. The average Bonchev–Trinajstić information content (AvgIpc) is 3.20. The lowest BCUT2D eigenvalue weighted by Crippen LogP contribution is -2.10. The zero-order valence-corrected chi connectivity index (χ0v) is 16.7. The van der Waals surface area contributed by atoms with Crippen molar-refractivity contribution in [1.82, 2.24) is 0 Å². The predicted molar refractivity (Wildman–Crippen MR) is 113 cm³/mol. The van der Waals surface area contributed by atoms with E-state index in [2.05, 4.69) is 0 Å². The summed E-state index contributed by atoms with van der Waals surface area (Å²) in [6.45, 7) is 4.93. The first kappa shape index (κ1) is 19.7. The van der Waals surface area contributed by atoms with E-state index in [0.29, 0.717) is 13.2 Å². The maximum absolute atomic E-state index is 11.5. The lowest BCUT2D eigenvalue weighted by molar-refractivity contribution is -0.130. The predicted octanol–water partition coefficient (Wildman–Crippen LogP) is 5.45. The summed E-state index contributed by atoms with van der Waals surface area (Å²) in [4.78, 5) is 12.2. The highest BCUT2D eigenvalue weighted by Gasteiger charge is 2.11. The quantitative estimate of drug-likeness (QED) is 0.408.